The molecule has 6 nitrogen and oxygen atoms in total. The van der Waals surface area contributed by atoms with Gasteiger partial charge in [0.05, 0.1) is 11.4 Å². The molecule has 1 atom stereocenters. The van der Waals surface area contributed by atoms with Gasteiger partial charge in [-0.3, -0.25) is 4.68 Å². The summed E-state index contributed by atoms with van der Waals surface area (Å²) in [6.45, 7) is 2.07. The first kappa shape index (κ1) is 14.5. The molecule has 0 bridgehead atoms. The molecule has 0 aliphatic heterocycles. The Bertz CT molecular complexity index is 665. The summed E-state index contributed by atoms with van der Waals surface area (Å²) in [5, 5.41) is 3.99. The molecule has 3 N–H and O–H groups in total. The maximum Gasteiger partial charge on any atom is 0.241 e. The number of aromatic nitrogens is 2. The van der Waals surface area contributed by atoms with Gasteiger partial charge in [0.15, 0.2) is 0 Å². The van der Waals surface area contributed by atoms with Crippen molar-refractivity contribution < 1.29 is 12.8 Å². The summed E-state index contributed by atoms with van der Waals surface area (Å²) >= 11 is 0. The second-order valence-corrected chi connectivity index (χ2v) is 6.18. The van der Waals surface area contributed by atoms with Gasteiger partial charge in [-0.2, -0.15) is 5.10 Å². The van der Waals surface area contributed by atoms with Crippen LogP contribution in [0.5, 0.6) is 0 Å². The molecule has 0 spiro atoms. The third kappa shape index (κ3) is 3.55. The molecule has 0 aliphatic carbocycles. The predicted molar refractivity (Wildman–Crippen MR) is 72.8 cm³/mol. The first-order valence-corrected chi connectivity index (χ1v) is 7.41. The number of nitrogens with two attached hydrogens (primary N) is 1. The number of halogens is 1. The zero-order valence-electron chi connectivity index (χ0n) is 10.8. The molecule has 0 amide bonds. The highest BCUT2D eigenvalue weighted by atomic mass is 32.2. The van der Waals surface area contributed by atoms with Gasteiger partial charge in [0.25, 0.3) is 0 Å². The minimum atomic E-state index is -3.82. The van der Waals surface area contributed by atoms with Crippen molar-refractivity contribution in [3.05, 3.63) is 42.5 Å². The van der Waals surface area contributed by atoms with Gasteiger partial charge in [0.2, 0.25) is 10.0 Å². The number of nitrogens with zero attached hydrogens (tertiary/aromatic N) is 2. The topological polar surface area (TPSA) is 90.0 Å². The van der Waals surface area contributed by atoms with E-state index in [4.69, 9.17) is 5.73 Å². The van der Waals surface area contributed by atoms with Gasteiger partial charge < -0.3 is 5.73 Å². The lowest BCUT2D eigenvalue weighted by atomic mass is 10.3. The standard InChI is InChI=1S/C12H15FN4O2S/c1-9(8-17-4-2-3-15-17)16-20(18,19)12-6-10(13)5-11(14)7-12/h2-7,9,16H,8,14H2,1H3. The van der Waals surface area contributed by atoms with Crippen LogP contribution in [0.4, 0.5) is 10.1 Å². The average Bonchev–Trinajstić information content (AvgIpc) is 2.79. The molecule has 0 fully saturated rings. The lowest BCUT2D eigenvalue weighted by Gasteiger charge is -2.14. The van der Waals surface area contributed by atoms with E-state index < -0.39 is 21.9 Å². The first-order valence-electron chi connectivity index (χ1n) is 5.92. The van der Waals surface area contributed by atoms with Gasteiger partial charge in [-0.15, -0.1) is 0 Å². The molecule has 0 saturated heterocycles. The van der Waals surface area contributed by atoms with Crippen LogP contribution in [-0.2, 0) is 16.6 Å². The van der Waals surface area contributed by atoms with Crippen molar-refractivity contribution in [3.63, 3.8) is 0 Å². The average molecular weight is 298 g/mol. The molecular formula is C12H15FN4O2S. The third-order valence-electron chi connectivity index (χ3n) is 2.58. The highest BCUT2D eigenvalue weighted by molar-refractivity contribution is 7.89. The van der Waals surface area contributed by atoms with Gasteiger partial charge >= 0.3 is 0 Å². The molecule has 0 saturated carbocycles. The minimum Gasteiger partial charge on any atom is -0.399 e. The molecule has 1 aromatic carbocycles. The Morgan fingerprint density at radius 3 is 2.80 bits per heavy atom. The fourth-order valence-corrected chi connectivity index (χ4v) is 3.10. The van der Waals surface area contributed by atoms with Crippen molar-refractivity contribution in [1.82, 2.24) is 14.5 Å². The van der Waals surface area contributed by atoms with Crippen molar-refractivity contribution >= 4 is 15.7 Å². The summed E-state index contributed by atoms with van der Waals surface area (Å²) in [4.78, 5) is -0.192. The van der Waals surface area contributed by atoms with E-state index in [9.17, 15) is 12.8 Å². The van der Waals surface area contributed by atoms with Crippen LogP contribution in [0.3, 0.4) is 0 Å². The molecule has 1 aromatic heterocycles. The molecule has 2 rings (SSSR count). The quantitative estimate of drug-likeness (QED) is 0.805. The number of hydrogen-bond donors (Lipinski definition) is 2. The molecule has 2 aromatic rings. The lowest BCUT2D eigenvalue weighted by molar-refractivity contribution is 0.493. The van der Waals surface area contributed by atoms with Crippen LogP contribution >= 0.6 is 0 Å². The number of nitrogen functional groups attached to an aromatic ring is 1. The van der Waals surface area contributed by atoms with E-state index in [1.165, 1.54) is 6.07 Å². The molecule has 108 valence electrons. The van der Waals surface area contributed by atoms with Crippen LogP contribution < -0.4 is 10.5 Å². The molecule has 1 unspecified atom stereocenters. The van der Waals surface area contributed by atoms with Crippen LogP contribution in [0.15, 0.2) is 41.6 Å². The summed E-state index contributed by atoms with van der Waals surface area (Å²) in [5.41, 5.74) is 5.51. The zero-order chi connectivity index (χ0) is 14.8. The van der Waals surface area contributed by atoms with Gasteiger partial charge in [-0.1, -0.05) is 0 Å². The predicted octanol–water partition coefficient (Wildman–Crippen LogP) is 0.971. The van der Waals surface area contributed by atoms with Crippen LogP contribution in [0.25, 0.3) is 0 Å². The minimum absolute atomic E-state index is 0.0603. The number of benzene rings is 1. The van der Waals surface area contributed by atoms with E-state index in [0.717, 1.165) is 12.1 Å². The molecule has 8 heteroatoms. The van der Waals surface area contributed by atoms with E-state index in [2.05, 4.69) is 9.82 Å². The summed E-state index contributed by atoms with van der Waals surface area (Å²) < 4.78 is 41.5. The second-order valence-electron chi connectivity index (χ2n) is 4.47. The summed E-state index contributed by atoms with van der Waals surface area (Å²) in [6.07, 6.45) is 3.33. The molecule has 1 heterocycles. The van der Waals surface area contributed by atoms with Gasteiger partial charge in [0, 0.05) is 24.1 Å². The van der Waals surface area contributed by atoms with Crippen molar-refractivity contribution in [3.8, 4) is 0 Å². The van der Waals surface area contributed by atoms with Gasteiger partial charge in [-0.25, -0.2) is 17.5 Å². The Labute approximate surface area is 116 Å². The number of hydrogen-bond acceptors (Lipinski definition) is 4. The normalized spacial score (nSPS) is 13.3. The van der Waals surface area contributed by atoms with Crippen molar-refractivity contribution in [2.24, 2.45) is 0 Å². The first-order chi connectivity index (χ1) is 9.37. The monoisotopic (exact) mass is 298 g/mol. The van der Waals surface area contributed by atoms with E-state index in [1.54, 1.807) is 30.1 Å². The van der Waals surface area contributed by atoms with E-state index in [1.807, 2.05) is 0 Å². The highest BCUT2D eigenvalue weighted by Crippen LogP contribution is 2.16. The van der Waals surface area contributed by atoms with Crippen LogP contribution in [0.1, 0.15) is 6.92 Å². The number of rotatable bonds is 5. The van der Waals surface area contributed by atoms with E-state index in [0.29, 0.717) is 6.54 Å². The van der Waals surface area contributed by atoms with E-state index in [-0.39, 0.29) is 10.6 Å². The summed E-state index contributed by atoms with van der Waals surface area (Å²) in [6, 6.07) is 4.55. The Morgan fingerprint density at radius 1 is 1.45 bits per heavy atom. The summed E-state index contributed by atoms with van der Waals surface area (Å²) in [7, 11) is -3.82. The van der Waals surface area contributed by atoms with Gasteiger partial charge in [-0.05, 0) is 31.2 Å². The number of anilines is 1. The van der Waals surface area contributed by atoms with Crippen molar-refractivity contribution in [2.45, 2.75) is 24.4 Å². The highest BCUT2D eigenvalue weighted by Gasteiger charge is 2.19. The molecule has 0 aliphatic rings. The van der Waals surface area contributed by atoms with Crippen LogP contribution in [0, 0.1) is 5.82 Å². The lowest BCUT2D eigenvalue weighted by Crippen LogP contribution is -2.35. The maximum atomic E-state index is 13.2. The second kappa shape index (κ2) is 5.59. The SMILES string of the molecule is CC(Cn1cccn1)NS(=O)(=O)c1cc(N)cc(F)c1. The molecular weight excluding hydrogens is 283 g/mol. The molecule has 20 heavy (non-hydrogen) atoms. The Morgan fingerprint density at radius 2 is 2.20 bits per heavy atom. The van der Waals surface area contributed by atoms with Crippen LogP contribution in [-0.4, -0.2) is 24.2 Å². The maximum absolute atomic E-state index is 13.2. The van der Waals surface area contributed by atoms with Crippen molar-refractivity contribution in [2.75, 3.05) is 5.73 Å². The molecule has 0 radical (unpaired) electrons. The van der Waals surface area contributed by atoms with Crippen molar-refractivity contribution in [1.29, 1.82) is 0 Å². The number of sulfonamides is 1. The third-order valence-corrected chi connectivity index (χ3v) is 4.15. The largest absolute Gasteiger partial charge is 0.399 e. The fourth-order valence-electron chi connectivity index (χ4n) is 1.80. The van der Waals surface area contributed by atoms with Gasteiger partial charge in [0.1, 0.15) is 5.82 Å². The Kier molecular flexibility index (Phi) is 4.05. The zero-order valence-corrected chi connectivity index (χ0v) is 11.6. The van der Waals surface area contributed by atoms with Crippen LogP contribution in [0.2, 0.25) is 0 Å². The number of nitrogens with one attached hydrogen (secondary N) is 1. The van der Waals surface area contributed by atoms with E-state index >= 15 is 0 Å². The fraction of sp³-hybridized carbons (Fsp3) is 0.250. The summed E-state index contributed by atoms with van der Waals surface area (Å²) in [5.74, 6) is -0.690. The Hall–Kier alpha value is -1.93. The Balaban J connectivity index is 2.14. The smallest absolute Gasteiger partial charge is 0.241 e.